The molecule has 1 nitrogen and oxygen atoms in total. The molecule has 1 aliphatic rings. The minimum Gasteiger partial charge on any atom is -0.455 e. The van der Waals surface area contributed by atoms with Gasteiger partial charge in [-0.3, -0.25) is 0 Å². The van der Waals surface area contributed by atoms with E-state index < -0.39 is 0 Å². The molecule has 0 fully saturated rings. The number of benzene rings is 8. The van der Waals surface area contributed by atoms with E-state index in [4.69, 9.17) is 4.42 Å². The maximum atomic E-state index is 6.40. The fourth-order valence-electron chi connectivity index (χ4n) is 8.17. The summed E-state index contributed by atoms with van der Waals surface area (Å²) in [5, 5.41) is 10.1. The van der Waals surface area contributed by atoms with Gasteiger partial charge in [0.1, 0.15) is 11.2 Å². The lowest BCUT2D eigenvalue weighted by molar-refractivity contribution is 0.661. The third-order valence-corrected chi connectivity index (χ3v) is 10.4. The van der Waals surface area contributed by atoms with Crippen LogP contribution in [-0.4, -0.2) is 0 Å². The second-order valence-corrected chi connectivity index (χ2v) is 13.3. The van der Waals surface area contributed by atoms with Crippen LogP contribution in [0.2, 0.25) is 0 Å². The fraction of sp³-hybridized carbons (Fsp3) is 0.0667. The minimum absolute atomic E-state index is 0.0405. The maximum absolute atomic E-state index is 6.40. The van der Waals surface area contributed by atoms with Gasteiger partial charge < -0.3 is 4.42 Å². The van der Waals surface area contributed by atoms with E-state index in [2.05, 4.69) is 147 Å². The Kier molecular flexibility index (Phi) is 5.12. The van der Waals surface area contributed by atoms with E-state index in [0.29, 0.717) is 0 Å². The number of para-hydroxylation sites is 2. The van der Waals surface area contributed by atoms with Crippen LogP contribution in [0.4, 0.5) is 0 Å². The maximum Gasteiger partial charge on any atom is 0.143 e. The highest BCUT2D eigenvalue weighted by Gasteiger charge is 2.35. The predicted octanol–water partition coefficient (Wildman–Crippen LogP) is 12.7. The van der Waals surface area contributed by atoms with Crippen LogP contribution in [0, 0.1) is 0 Å². The standard InChI is InChI=1S/C45H30O/c1-45(2)41-19-7-5-15-34(41)40-25-38-32-14-4-3-13-31(32)37-24-28(21-22-33(37)39(38)26-42(40)45)27-11-9-12-29(23-27)30-17-10-18-36-35-16-6-8-20-43(35)46-44(30)36/h3-26H,1-2H3. The Morgan fingerprint density at radius 1 is 0.370 bits per heavy atom. The van der Waals surface area contributed by atoms with Crippen LogP contribution in [-0.2, 0) is 5.41 Å². The first-order chi connectivity index (χ1) is 22.6. The third-order valence-electron chi connectivity index (χ3n) is 10.4. The van der Waals surface area contributed by atoms with Crippen LogP contribution in [0.1, 0.15) is 25.0 Å². The Labute approximate surface area is 267 Å². The molecule has 9 aromatic rings. The zero-order valence-electron chi connectivity index (χ0n) is 25.8. The summed E-state index contributed by atoms with van der Waals surface area (Å²) >= 11 is 0. The van der Waals surface area contributed by atoms with Gasteiger partial charge >= 0.3 is 0 Å². The van der Waals surface area contributed by atoms with Crippen molar-refractivity contribution in [2.24, 2.45) is 0 Å². The van der Waals surface area contributed by atoms with Crippen molar-refractivity contribution >= 4 is 54.3 Å². The van der Waals surface area contributed by atoms with E-state index in [0.717, 1.165) is 33.1 Å². The summed E-state index contributed by atoms with van der Waals surface area (Å²) in [4.78, 5) is 0. The molecule has 0 atom stereocenters. The van der Waals surface area contributed by atoms with Gasteiger partial charge in [0.05, 0.1) is 0 Å². The van der Waals surface area contributed by atoms with Gasteiger partial charge in [-0.25, -0.2) is 0 Å². The van der Waals surface area contributed by atoms with Gasteiger partial charge in [-0.2, -0.15) is 0 Å². The van der Waals surface area contributed by atoms with E-state index in [9.17, 15) is 0 Å². The zero-order valence-corrected chi connectivity index (χ0v) is 25.8. The van der Waals surface area contributed by atoms with Gasteiger partial charge in [-0.05, 0) is 102 Å². The first kappa shape index (κ1) is 25.6. The number of hydrogen-bond donors (Lipinski definition) is 0. The monoisotopic (exact) mass is 586 g/mol. The molecule has 10 rings (SSSR count). The summed E-state index contributed by atoms with van der Waals surface area (Å²) in [6, 6.07) is 53.4. The average Bonchev–Trinajstić information content (AvgIpc) is 3.60. The number of hydrogen-bond acceptors (Lipinski definition) is 1. The summed E-state index contributed by atoms with van der Waals surface area (Å²) in [6.07, 6.45) is 0. The van der Waals surface area contributed by atoms with Crippen molar-refractivity contribution in [3.8, 4) is 33.4 Å². The molecule has 46 heavy (non-hydrogen) atoms. The topological polar surface area (TPSA) is 13.1 Å². The highest BCUT2D eigenvalue weighted by molar-refractivity contribution is 6.26. The van der Waals surface area contributed by atoms with Crippen molar-refractivity contribution in [3.63, 3.8) is 0 Å². The molecule has 0 radical (unpaired) electrons. The van der Waals surface area contributed by atoms with Gasteiger partial charge in [-0.1, -0.05) is 129 Å². The molecule has 0 saturated carbocycles. The van der Waals surface area contributed by atoms with Crippen molar-refractivity contribution in [1.29, 1.82) is 0 Å². The first-order valence-corrected chi connectivity index (χ1v) is 16.1. The fourth-order valence-corrected chi connectivity index (χ4v) is 8.17. The molecule has 216 valence electrons. The molecular formula is C45H30O. The average molecular weight is 587 g/mol. The zero-order chi connectivity index (χ0) is 30.6. The molecule has 1 aromatic heterocycles. The Morgan fingerprint density at radius 2 is 0.978 bits per heavy atom. The molecule has 0 aliphatic heterocycles. The van der Waals surface area contributed by atoms with Crippen molar-refractivity contribution in [2.75, 3.05) is 0 Å². The molecule has 0 N–H and O–H groups in total. The van der Waals surface area contributed by atoms with Crippen LogP contribution < -0.4 is 0 Å². The third kappa shape index (κ3) is 3.46. The largest absolute Gasteiger partial charge is 0.455 e. The smallest absolute Gasteiger partial charge is 0.143 e. The lowest BCUT2D eigenvalue weighted by atomic mass is 9.81. The van der Waals surface area contributed by atoms with E-state index in [1.54, 1.807) is 0 Å². The van der Waals surface area contributed by atoms with Crippen LogP contribution in [0.3, 0.4) is 0 Å². The summed E-state index contributed by atoms with van der Waals surface area (Å²) in [6.45, 7) is 4.73. The summed E-state index contributed by atoms with van der Waals surface area (Å²) in [5.74, 6) is 0. The van der Waals surface area contributed by atoms with Crippen LogP contribution in [0.5, 0.6) is 0 Å². The number of fused-ring (bicyclic) bond motifs is 12. The van der Waals surface area contributed by atoms with Gasteiger partial charge in [0, 0.05) is 21.8 Å². The molecule has 0 saturated heterocycles. The van der Waals surface area contributed by atoms with Gasteiger partial charge in [-0.15, -0.1) is 0 Å². The van der Waals surface area contributed by atoms with Crippen molar-refractivity contribution in [2.45, 2.75) is 19.3 Å². The first-order valence-electron chi connectivity index (χ1n) is 16.1. The SMILES string of the molecule is CC1(C)c2ccccc2-c2cc3c4ccccc4c4cc(-c5cccc(-c6cccc7c6oc6ccccc67)c5)ccc4c3cc21. The van der Waals surface area contributed by atoms with Gasteiger partial charge in [0.25, 0.3) is 0 Å². The van der Waals surface area contributed by atoms with Crippen molar-refractivity contribution in [3.05, 3.63) is 157 Å². The molecule has 1 aliphatic carbocycles. The van der Waals surface area contributed by atoms with Crippen LogP contribution in [0.25, 0.3) is 87.6 Å². The van der Waals surface area contributed by atoms with Crippen LogP contribution >= 0.6 is 0 Å². The predicted molar refractivity (Wildman–Crippen MR) is 195 cm³/mol. The Balaban J connectivity index is 1.18. The van der Waals surface area contributed by atoms with Crippen LogP contribution in [0.15, 0.2) is 150 Å². The highest BCUT2D eigenvalue weighted by atomic mass is 16.3. The minimum atomic E-state index is -0.0405. The Bertz CT molecular complexity index is 2720. The molecule has 1 heterocycles. The van der Waals surface area contributed by atoms with Crippen molar-refractivity contribution < 1.29 is 4.42 Å². The van der Waals surface area contributed by atoms with E-state index in [1.165, 1.54) is 65.7 Å². The lowest BCUT2D eigenvalue weighted by Gasteiger charge is -2.22. The van der Waals surface area contributed by atoms with E-state index in [-0.39, 0.29) is 5.41 Å². The molecule has 0 spiro atoms. The quantitative estimate of drug-likeness (QED) is 0.184. The van der Waals surface area contributed by atoms with Crippen molar-refractivity contribution in [1.82, 2.24) is 0 Å². The highest BCUT2D eigenvalue weighted by Crippen LogP contribution is 2.51. The number of furan rings is 1. The molecule has 1 heteroatoms. The Morgan fingerprint density at radius 3 is 1.85 bits per heavy atom. The van der Waals surface area contributed by atoms with Gasteiger partial charge in [0.2, 0.25) is 0 Å². The van der Waals surface area contributed by atoms with E-state index in [1.807, 2.05) is 12.1 Å². The molecular weight excluding hydrogens is 556 g/mol. The molecule has 0 unspecified atom stereocenters. The summed E-state index contributed by atoms with van der Waals surface area (Å²) in [7, 11) is 0. The molecule has 0 amide bonds. The lowest BCUT2D eigenvalue weighted by Crippen LogP contribution is -2.14. The molecule has 0 bridgehead atoms. The summed E-state index contributed by atoms with van der Waals surface area (Å²) < 4.78 is 6.40. The second-order valence-electron chi connectivity index (χ2n) is 13.3. The molecule has 8 aromatic carbocycles. The van der Waals surface area contributed by atoms with Gasteiger partial charge in [0.15, 0.2) is 0 Å². The number of rotatable bonds is 2. The second kappa shape index (κ2) is 9.19. The normalized spacial score (nSPS) is 13.6. The van der Waals surface area contributed by atoms with E-state index >= 15 is 0 Å². The summed E-state index contributed by atoms with van der Waals surface area (Å²) in [5.41, 5.74) is 12.1. The Hall–Kier alpha value is -5.66.